The number of likely N-dealkylation sites (tertiary alicyclic amines) is 1. The van der Waals surface area contributed by atoms with Crippen LogP contribution in [-0.2, 0) is 14.3 Å². The number of nitrogens with zero attached hydrogens (tertiary/aromatic N) is 1. The zero-order valence-electron chi connectivity index (χ0n) is 18.2. The maximum Gasteiger partial charge on any atom is 0.410 e. The van der Waals surface area contributed by atoms with Crippen molar-refractivity contribution in [2.24, 2.45) is 5.92 Å². The van der Waals surface area contributed by atoms with Gasteiger partial charge in [-0.15, -0.1) is 0 Å². The molecule has 0 spiro atoms. The predicted octanol–water partition coefficient (Wildman–Crippen LogP) is 3.66. The number of benzene rings is 1. The van der Waals surface area contributed by atoms with Gasteiger partial charge in [-0.25, -0.2) is 4.79 Å². The summed E-state index contributed by atoms with van der Waals surface area (Å²) in [5, 5.41) is 5.85. The highest BCUT2D eigenvalue weighted by atomic mass is 16.6. The van der Waals surface area contributed by atoms with Gasteiger partial charge in [0, 0.05) is 31.7 Å². The minimum Gasteiger partial charge on any atom is -0.444 e. The lowest BCUT2D eigenvalue weighted by atomic mass is 9.90. The first-order valence-electron chi connectivity index (χ1n) is 10.9. The van der Waals surface area contributed by atoms with Gasteiger partial charge in [0.25, 0.3) is 0 Å². The van der Waals surface area contributed by atoms with E-state index >= 15 is 0 Å². The van der Waals surface area contributed by atoms with Gasteiger partial charge in [-0.3, -0.25) is 14.9 Å². The van der Waals surface area contributed by atoms with Gasteiger partial charge in [0.2, 0.25) is 11.8 Å². The predicted molar refractivity (Wildman–Crippen MR) is 115 cm³/mol. The number of ether oxygens (including phenoxy) is 1. The standard InChI is InChI=1S/C23H33N3O4/c1-23(2,3)30-22(29)26-14-11-16(12-15-26)10-13-24-18-6-4-17(5-7-18)19-8-9-20(27)25-21(19)28/h4-7,16,19,24H,8-15H2,1-3H3,(H,25,27,28). The molecule has 0 aliphatic carbocycles. The van der Waals surface area contributed by atoms with E-state index in [9.17, 15) is 14.4 Å². The Balaban J connectivity index is 1.38. The Hall–Kier alpha value is -2.57. The van der Waals surface area contributed by atoms with Crippen molar-refractivity contribution in [2.75, 3.05) is 25.0 Å². The molecule has 1 atom stereocenters. The molecule has 2 saturated heterocycles. The Morgan fingerprint density at radius 1 is 1.13 bits per heavy atom. The first-order valence-corrected chi connectivity index (χ1v) is 10.9. The van der Waals surface area contributed by atoms with E-state index in [1.807, 2.05) is 49.9 Å². The third-order valence-electron chi connectivity index (χ3n) is 5.70. The molecule has 7 nitrogen and oxygen atoms in total. The van der Waals surface area contributed by atoms with Crippen LogP contribution in [0.3, 0.4) is 0 Å². The summed E-state index contributed by atoms with van der Waals surface area (Å²) >= 11 is 0. The quantitative estimate of drug-likeness (QED) is 0.717. The van der Waals surface area contributed by atoms with Crippen molar-refractivity contribution in [3.8, 4) is 0 Å². The molecule has 1 aromatic carbocycles. The molecule has 0 aromatic heterocycles. The maximum absolute atomic E-state index is 12.1. The fourth-order valence-electron chi connectivity index (χ4n) is 4.00. The van der Waals surface area contributed by atoms with Crippen molar-refractivity contribution < 1.29 is 19.1 Å². The lowest BCUT2D eigenvalue weighted by Gasteiger charge is -2.33. The summed E-state index contributed by atoms with van der Waals surface area (Å²) in [6.45, 7) is 8.04. The van der Waals surface area contributed by atoms with Crippen LogP contribution in [0, 0.1) is 5.92 Å². The monoisotopic (exact) mass is 415 g/mol. The van der Waals surface area contributed by atoms with Crippen molar-refractivity contribution in [3.05, 3.63) is 29.8 Å². The van der Waals surface area contributed by atoms with Crippen molar-refractivity contribution >= 4 is 23.6 Å². The molecule has 2 aliphatic rings. The second kappa shape index (κ2) is 9.49. The normalized spacial score (nSPS) is 20.6. The molecule has 0 radical (unpaired) electrons. The smallest absolute Gasteiger partial charge is 0.410 e. The van der Waals surface area contributed by atoms with Gasteiger partial charge in [-0.05, 0) is 70.1 Å². The summed E-state index contributed by atoms with van der Waals surface area (Å²) in [6, 6.07) is 7.90. The van der Waals surface area contributed by atoms with Crippen molar-refractivity contribution in [2.45, 2.75) is 64.4 Å². The van der Waals surface area contributed by atoms with Gasteiger partial charge in [-0.1, -0.05) is 12.1 Å². The molecular weight excluding hydrogens is 382 g/mol. The van der Waals surface area contributed by atoms with Gasteiger partial charge in [0.1, 0.15) is 5.60 Å². The van der Waals surface area contributed by atoms with Crippen LogP contribution in [0.25, 0.3) is 0 Å². The van der Waals surface area contributed by atoms with Gasteiger partial charge in [0.05, 0.1) is 5.92 Å². The Morgan fingerprint density at radius 3 is 2.40 bits per heavy atom. The van der Waals surface area contributed by atoms with Crippen LogP contribution < -0.4 is 10.6 Å². The second-order valence-electron chi connectivity index (χ2n) is 9.25. The molecule has 7 heteroatoms. The third-order valence-corrected chi connectivity index (χ3v) is 5.70. The molecule has 2 N–H and O–H groups in total. The van der Waals surface area contributed by atoms with E-state index in [1.54, 1.807) is 0 Å². The molecular formula is C23H33N3O4. The number of carbonyl (C=O) groups is 3. The Labute approximate surface area is 178 Å². The van der Waals surface area contributed by atoms with Crippen LogP contribution in [0.15, 0.2) is 24.3 Å². The van der Waals surface area contributed by atoms with E-state index in [0.717, 1.165) is 50.1 Å². The number of piperidine rings is 2. The van der Waals surface area contributed by atoms with Crippen molar-refractivity contribution in [1.29, 1.82) is 0 Å². The molecule has 30 heavy (non-hydrogen) atoms. The summed E-state index contributed by atoms with van der Waals surface area (Å²) in [5.74, 6) is -0.0398. The number of carbonyl (C=O) groups excluding carboxylic acids is 3. The number of nitrogens with one attached hydrogen (secondary N) is 2. The van der Waals surface area contributed by atoms with E-state index in [0.29, 0.717) is 18.8 Å². The zero-order valence-corrected chi connectivity index (χ0v) is 18.2. The number of anilines is 1. The van der Waals surface area contributed by atoms with Crippen molar-refractivity contribution in [1.82, 2.24) is 10.2 Å². The second-order valence-corrected chi connectivity index (χ2v) is 9.25. The number of rotatable bonds is 5. The topological polar surface area (TPSA) is 87.7 Å². The van der Waals surface area contributed by atoms with Crippen LogP contribution >= 0.6 is 0 Å². The molecule has 164 valence electrons. The van der Waals surface area contributed by atoms with Gasteiger partial charge in [-0.2, -0.15) is 0 Å². The highest BCUT2D eigenvalue weighted by Gasteiger charge is 2.28. The lowest BCUT2D eigenvalue weighted by molar-refractivity contribution is -0.134. The largest absolute Gasteiger partial charge is 0.444 e. The third kappa shape index (κ3) is 6.21. The molecule has 2 heterocycles. The Bertz CT molecular complexity index is 762. The van der Waals surface area contributed by atoms with Gasteiger partial charge >= 0.3 is 6.09 Å². The van der Waals surface area contributed by atoms with Crippen molar-refractivity contribution in [3.63, 3.8) is 0 Å². The molecule has 1 unspecified atom stereocenters. The molecule has 2 fully saturated rings. The first-order chi connectivity index (χ1) is 14.2. The fourth-order valence-corrected chi connectivity index (χ4v) is 4.00. The molecule has 3 amide bonds. The zero-order chi connectivity index (χ0) is 21.7. The Kier molecular flexibility index (Phi) is 7.00. The fraction of sp³-hybridized carbons (Fsp3) is 0.609. The van der Waals surface area contributed by atoms with Crippen LogP contribution in [0.5, 0.6) is 0 Å². The summed E-state index contributed by atoms with van der Waals surface area (Å²) in [7, 11) is 0. The van der Waals surface area contributed by atoms with E-state index in [1.165, 1.54) is 0 Å². The summed E-state index contributed by atoms with van der Waals surface area (Å²) < 4.78 is 5.45. The summed E-state index contributed by atoms with van der Waals surface area (Å²) in [6.07, 6.45) is 3.79. The van der Waals surface area contributed by atoms with E-state index in [2.05, 4.69) is 10.6 Å². The van der Waals surface area contributed by atoms with Gasteiger partial charge < -0.3 is 15.0 Å². The maximum atomic E-state index is 12.1. The minimum atomic E-state index is -0.453. The SMILES string of the molecule is CC(C)(C)OC(=O)N1CCC(CCNc2ccc(C3CCC(=O)NC3=O)cc2)CC1. The molecule has 0 saturated carbocycles. The van der Waals surface area contributed by atoms with E-state index in [-0.39, 0.29) is 23.8 Å². The average molecular weight is 416 g/mol. The van der Waals surface area contributed by atoms with Crippen LogP contribution in [0.4, 0.5) is 10.5 Å². The minimum absolute atomic E-state index is 0.188. The number of imide groups is 1. The highest BCUT2D eigenvalue weighted by Crippen LogP contribution is 2.26. The van der Waals surface area contributed by atoms with Gasteiger partial charge in [0.15, 0.2) is 0 Å². The molecule has 3 rings (SSSR count). The van der Waals surface area contributed by atoms with E-state index in [4.69, 9.17) is 4.74 Å². The highest BCUT2D eigenvalue weighted by molar-refractivity contribution is 6.00. The number of amides is 3. The average Bonchev–Trinajstić information content (AvgIpc) is 2.68. The van der Waals surface area contributed by atoms with E-state index < -0.39 is 5.60 Å². The van der Waals surface area contributed by atoms with Crippen LogP contribution in [-0.4, -0.2) is 48.0 Å². The molecule has 0 bridgehead atoms. The molecule has 2 aliphatic heterocycles. The summed E-state index contributed by atoms with van der Waals surface area (Å²) in [5.41, 5.74) is 1.52. The van der Waals surface area contributed by atoms with Crippen LogP contribution in [0.1, 0.15) is 64.4 Å². The number of hydrogen-bond donors (Lipinski definition) is 2. The first kappa shape index (κ1) is 22.1. The lowest BCUT2D eigenvalue weighted by Crippen LogP contribution is -2.41. The number of hydrogen-bond acceptors (Lipinski definition) is 5. The van der Waals surface area contributed by atoms with Crippen LogP contribution in [0.2, 0.25) is 0 Å². The summed E-state index contributed by atoms with van der Waals surface area (Å²) in [4.78, 5) is 37.2. The Morgan fingerprint density at radius 2 is 1.80 bits per heavy atom. The molecule has 1 aromatic rings.